The highest BCUT2D eigenvalue weighted by molar-refractivity contribution is 7.19. The van der Waals surface area contributed by atoms with Gasteiger partial charge in [0.05, 0.1) is 10.8 Å². The van der Waals surface area contributed by atoms with Gasteiger partial charge in [-0.2, -0.15) is 0 Å². The van der Waals surface area contributed by atoms with Crippen LogP contribution in [0.5, 0.6) is 0 Å². The second kappa shape index (κ2) is 12.4. The molecule has 1 aliphatic carbocycles. The van der Waals surface area contributed by atoms with Gasteiger partial charge in [0.2, 0.25) is 5.91 Å². The van der Waals surface area contributed by atoms with Crippen LogP contribution in [0.2, 0.25) is 0 Å². The molecule has 192 valence electrons. The zero-order chi connectivity index (χ0) is 26.2. The first-order valence-corrected chi connectivity index (χ1v) is 13.2. The molecule has 1 aromatic heterocycles. The quantitative estimate of drug-likeness (QED) is 0.251. The van der Waals surface area contributed by atoms with Crippen LogP contribution in [-0.4, -0.2) is 34.5 Å². The van der Waals surface area contributed by atoms with Crippen LogP contribution in [0.1, 0.15) is 54.9 Å². The first-order chi connectivity index (χ1) is 17.9. The standard InChI is InChI=1S/C28H30N4O4S/c1-2-22(24(29)27(35)36-17-18-8-4-3-5-9-18)26(34)32-28-30-16-23(37-28)19-12-14-20(15-13-19)25(33)31-21-10-6-7-11-21/h3-5,8-9,12-16,21-22,29H,2,6-7,10-11,17H2,1H3,(H,31,33)(H,30,32,34)/t22-/m0/s1. The number of esters is 1. The van der Waals surface area contributed by atoms with Gasteiger partial charge >= 0.3 is 5.97 Å². The molecule has 3 N–H and O–H groups in total. The molecule has 1 fully saturated rings. The van der Waals surface area contributed by atoms with Crippen molar-refractivity contribution >= 4 is 40.0 Å². The molecule has 1 heterocycles. The van der Waals surface area contributed by atoms with Crippen molar-refractivity contribution in [1.29, 1.82) is 5.41 Å². The number of thiazole rings is 1. The van der Waals surface area contributed by atoms with E-state index >= 15 is 0 Å². The van der Waals surface area contributed by atoms with E-state index in [2.05, 4.69) is 15.6 Å². The average molecular weight is 519 g/mol. The summed E-state index contributed by atoms with van der Waals surface area (Å²) < 4.78 is 5.21. The summed E-state index contributed by atoms with van der Waals surface area (Å²) in [7, 11) is 0. The van der Waals surface area contributed by atoms with Gasteiger partial charge in [-0.1, -0.05) is 73.6 Å². The van der Waals surface area contributed by atoms with E-state index in [1.165, 1.54) is 11.3 Å². The van der Waals surface area contributed by atoms with Gasteiger partial charge < -0.3 is 15.4 Å². The number of nitrogens with one attached hydrogen (secondary N) is 3. The second-order valence-electron chi connectivity index (χ2n) is 8.99. The second-order valence-corrected chi connectivity index (χ2v) is 10.0. The van der Waals surface area contributed by atoms with Crippen molar-refractivity contribution < 1.29 is 19.1 Å². The fourth-order valence-corrected chi connectivity index (χ4v) is 5.07. The van der Waals surface area contributed by atoms with Crippen LogP contribution in [-0.2, 0) is 20.9 Å². The van der Waals surface area contributed by atoms with Crippen LogP contribution >= 0.6 is 11.3 Å². The molecule has 0 bridgehead atoms. The molecule has 1 saturated carbocycles. The summed E-state index contributed by atoms with van der Waals surface area (Å²) in [4.78, 5) is 42.8. The number of aromatic nitrogens is 1. The van der Waals surface area contributed by atoms with Gasteiger partial charge in [-0.3, -0.25) is 15.0 Å². The van der Waals surface area contributed by atoms with E-state index in [-0.39, 0.29) is 30.7 Å². The molecule has 8 nitrogen and oxygen atoms in total. The number of amides is 2. The normalized spacial score (nSPS) is 14.1. The summed E-state index contributed by atoms with van der Waals surface area (Å²) in [6.07, 6.45) is 6.31. The van der Waals surface area contributed by atoms with Crippen LogP contribution in [0, 0.1) is 11.3 Å². The Morgan fingerprint density at radius 2 is 1.78 bits per heavy atom. The van der Waals surface area contributed by atoms with Crippen molar-refractivity contribution in [2.75, 3.05) is 5.32 Å². The van der Waals surface area contributed by atoms with Crippen molar-refractivity contribution in [3.05, 3.63) is 71.9 Å². The number of benzene rings is 2. The highest BCUT2D eigenvalue weighted by Gasteiger charge is 2.28. The van der Waals surface area contributed by atoms with Crippen LogP contribution < -0.4 is 10.6 Å². The Labute approximate surface area is 220 Å². The number of nitrogens with zero attached hydrogens (tertiary/aromatic N) is 1. The topological polar surface area (TPSA) is 121 Å². The molecule has 9 heteroatoms. The third-order valence-corrected chi connectivity index (χ3v) is 7.33. The van der Waals surface area contributed by atoms with Crippen LogP contribution in [0.25, 0.3) is 10.4 Å². The zero-order valence-corrected chi connectivity index (χ0v) is 21.5. The van der Waals surface area contributed by atoms with Crippen LogP contribution in [0.15, 0.2) is 60.8 Å². The third kappa shape index (κ3) is 6.89. The van der Waals surface area contributed by atoms with Crippen LogP contribution in [0.4, 0.5) is 5.13 Å². The molecule has 37 heavy (non-hydrogen) atoms. The summed E-state index contributed by atoms with van der Waals surface area (Å²) in [6, 6.07) is 16.7. The van der Waals surface area contributed by atoms with Crippen LogP contribution in [0.3, 0.4) is 0 Å². The number of carbonyl (C=O) groups excluding carboxylic acids is 3. The molecule has 2 aromatic carbocycles. The monoisotopic (exact) mass is 518 g/mol. The van der Waals surface area contributed by atoms with Gasteiger partial charge in [0.1, 0.15) is 12.3 Å². The number of carbonyl (C=O) groups is 3. The van der Waals surface area contributed by atoms with Crippen molar-refractivity contribution in [1.82, 2.24) is 10.3 Å². The summed E-state index contributed by atoms with van der Waals surface area (Å²) in [5.74, 6) is -2.31. The van der Waals surface area contributed by atoms with Gasteiger partial charge in [-0.15, -0.1) is 0 Å². The number of rotatable bonds is 10. The Kier molecular flexibility index (Phi) is 8.79. The molecule has 0 aliphatic heterocycles. The van der Waals surface area contributed by atoms with Crippen molar-refractivity contribution in [3.63, 3.8) is 0 Å². The van der Waals surface area contributed by atoms with Crippen molar-refractivity contribution in [2.45, 2.75) is 51.7 Å². The van der Waals surface area contributed by atoms with Gasteiger partial charge in [-0.05, 0) is 42.5 Å². The minimum Gasteiger partial charge on any atom is -0.456 e. The van der Waals surface area contributed by atoms with E-state index in [9.17, 15) is 14.4 Å². The Hall–Kier alpha value is -3.85. The Morgan fingerprint density at radius 3 is 2.46 bits per heavy atom. The third-order valence-electron chi connectivity index (χ3n) is 6.36. The maximum atomic E-state index is 12.8. The molecule has 0 spiro atoms. The maximum absolute atomic E-state index is 12.8. The Bertz CT molecular complexity index is 1250. The minimum atomic E-state index is -0.951. The number of ether oxygens (including phenoxy) is 1. The molecule has 0 saturated heterocycles. The molecular weight excluding hydrogens is 488 g/mol. The summed E-state index contributed by atoms with van der Waals surface area (Å²) >= 11 is 1.28. The predicted molar refractivity (Wildman–Crippen MR) is 144 cm³/mol. The first kappa shape index (κ1) is 26.2. The lowest BCUT2D eigenvalue weighted by Gasteiger charge is -2.14. The molecule has 3 aromatic rings. The van der Waals surface area contributed by atoms with E-state index < -0.39 is 17.8 Å². The fourth-order valence-electron chi connectivity index (χ4n) is 4.25. The highest BCUT2D eigenvalue weighted by Crippen LogP contribution is 2.30. The maximum Gasteiger partial charge on any atom is 0.353 e. The summed E-state index contributed by atoms with van der Waals surface area (Å²) in [5, 5.41) is 14.4. The molecule has 4 rings (SSSR count). The predicted octanol–water partition coefficient (Wildman–Crippen LogP) is 5.21. The highest BCUT2D eigenvalue weighted by atomic mass is 32.1. The lowest BCUT2D eigenvalue weighted by molar-refractivity contribution is -0.137. The SMILES string of the molecule is CC[C@@H](C(=N)C(=O)OCc1ccccc1)C(=O)Nc1ncc(-c2ccc(C(=O)NC3CCCC3)cc2)s1. The van der Waals surface area contributed by atoms with Gasteiger partial charge in [-0.25, -0.2) is 9.78 Å². The van der Waals surface area contributed by atoms with E-state index in [1.807, 2.05) is 42.5 Å². The average Bonchev–Trinajstić information content (AvgIpc) is 3.60. The largest absolute Gasteiger partial charge is 0.456 e. The van der Waals surface area contributed by atoms with E-state index in [0.29, 0.717) is 10.7 Å². The molecule has 1 atom stereocenters. The molecule has 1 aliphatic rings. The first-order valence-electron chi connectivity index (χ1n) is 12.4. The molecule has 2 amide bonds. The number of hydrogen-bond donors (Lipinski definition) is 3. The number of hydrogen-bond acceptors (Lipinski definition) is 7. The summed E-state index contributed by atoms with van der Waals surface area (Å²) in [6.45, 7) is 1.78. The lowest BCUT2D eigenvalue weighted by Crippen LogP contribution is -2.34. The van der Waals surface area contributed by atoms with Gasteiger partial charge in [0, 0.05) is 17.8 Å². The fraction of sp³-hybridized carbons (Fsp3) is 0.321. The van der Waals surface area contributed by atoms with Crippen molar-refractivity contribution in [2.24, 2.45) is 5.92 Å². The van der Waals surface area contributed by atoms with Gasteiger partial charge in [0.15, 0.2) is 5.13 Å². The van der Waals surface area contributed by atoms with E-state index in [4.69, 9.17) is 10.1 Å². The van der Waals surface area contributed by atoms with Crippen molar-refractivity contribution in [3.8, 4) is 10.4 Å². The molecular formula is C28H30N4O4S. The lowest BCUT2D eigenvalue weighted by atomic mass is 9.99. The molecule has 0 unspecified atom stereocenters. The molecule has 0 radical (unpaired) electrons. The minimum absolute atomic E-state index is 0.0387. The van der Waals surface area contributed by atoms with Gasteiger partial charge in [0.25, 0.3) is 5.91 Å². The number of anilines is 1. The van der Waals surface area contributed by atoms with E-state index in [0.717, 1.165) is 41.7 Å². The summed E-state index contributed by atoms with van der Waals surface area (Å²) in [5.41, 5.74) is 1.90. The smallest absolute Gasteiger partial charge is 0.353 e. The Morgan fingerprint density at radius 1 is 1.08 bits per heavy atom. The van der Waals surface area contributed by atoms with E-state index in [1.54, 1.807) is 25.3 Å². The Balaban J connectivity index is 1.33. The zero-order valence-electron chi connectivity index (χ0n) is 20.7.